The fourth-order valence-corrected chi connectivity index (χ4v) is 2.03. The first-order valence-corrected chi connectivity index (χ1v) is 6.92. The molecule has 2 atom stereocenters. The highest BCUT2D eigenvalue weighted by Crippen LogP contribution is 2.15. The van der Waals surface area contributed by atoms with Crippen LogP contribution in [-0.4, -0.2) is 30.2 Å². The van der Waals surface area contributed by atoms with E-state index in [0.717, 1.165) is 17.0 Å². The summed E-state index contributed by atoms with van der Waals surface area (Å²) in [4.78, 5) is 0.845. The molecule has 1 aromatic rings. The zero-order valence-corrected chi connectivity index (χ0v) is 10.8. The summed E-state index contributed by atoms with van der Waals surface area (Å²) in [6.45, 7) is 2.79. The van der Waals surface area contributed by atoms with E-state index in [1.807, 2.05) is 24.3 Å². The normalized spacial score (nSPS) is 14.4. The predicted molar refractivity (Wildman–Crippen MR) is 68.4 cm³/mol. The van der Waals surface area contributed by atoms with Gasteiger partial charge in [-0.1, -0.05) is 13.0 Å². The Hall–Kier alpha value is -0.870. The number of nitrogens with one attached hydrogen (secondary N) is 1. The highest BCUT2D eigenvalue weighted by Gasteiger charge is 2.06. The summed E-state index contributed by atoms with van der Waals surface area (Å²) in [5.74, 6) is 0. The maximum Gasteiger partial charge on any atom is 0.0663 e. The van der Waals surface area contributed by atoms with Gasteiger partial charge in [-0.05, 0) is 24.6 Å². The van der Waals surface area contributed by atoms with E-state index in [9.17, 15) is 4.21 Å². The van der Waals surface area contributed by atoms with E-state index in [2.05, 4.69) is 12.2 Å². The summed E-state index contributed by atoms with van der Waals surface area (Å²) >= 11 is 0. The first-order chi connectivity index (χ1) is 7.67. The van der Waals surface area contributed by atoms with E-state index in [4.69, 9.17) is 4.74 Å². The minimum Gasteiger partial charge on any atom is -0.383 e. The first-order valence-electron chi connectivity index (χ1n) is 5.36. The third kappa shape index (κ3) is 3.94. The molecule has 0 amide bonds. The Morgan fingerprint density at radius 1 is 1.50 bits per heavy atom. The molecular formula is C12H19NO2S. The molecule has 16 heavy (non-hydrogen) atoms. The summed E-state index contributed by atoms with van der Waals surface area (Å²) < 4.78 is 16.5. The number of ether oxygens (including phenoxy) is 1. The van der Waals surface area contributed by atoms with Gasteiger partial charge in [-0.25, -0.2) is 0 Å². The van der Waals surface area contributed by atoms with Crippen molar-refractivity contribution in [2.24, 2.45) is 0 Å². The van der Waals surface area contributed by atoms with Crippen LogP contribution in [0.5, 0.6) is 0 Å². The molecule has 1 rings (SSSR count). The molecule has 2 unspecified atom stereocenters. The smallest absolute Gasteiger partial charge is 0.0663 e. The summed E-state index contributed by atoms with van der Waals surface area (Å²) in [7, 11) is 0.765. The number of methoxy groups -OCH3 is 1. The lowest BCUT2D eigenvalue weighted by atomic mass is 10.2. The molecule has 0 fully saturated rings. The average molecular weight is 241 g/mol. The molecule has 1 N–H and O–H groups in total. The van der Waals surface area contributed by atoms with Gasteiger partial charge < -0.3 is 10.1 Å². The Kier molecular flexibility index (Phi) is 5.49. The van der Waals surface area contributed by atoms with Gasteiger partial charge in [0.05, 0.1) is 6.61 Å². The van der Waals surface area contributed by atoms with Gasteiger partial charge in [0.25, 0.3) is 0 Å². The van der Waals surface area contributed by atoms with E-state index in [0.29, 0.717) is 12.6 Å². The first kappa shape index (κ1) is 13.2. The number of benzene rings is 1. The van der Waals surface area contributed by atoms with E-state index >= 15 is 0 Å². The van der Waals surface area contributed by atoms with Gasteiger partial charge in [-0.2, -0.15) is 0 Å². The predicted octanol–water partition coefficient (Wildman–Crippen LogP) is 2.26. The Balaban J connectivity index is 2.72. The van der Waals surface area contributed by atoms with Crippen molar-refractivity contribution in [1.82, 2.24) is 0 Å². The van der Waals surface area contributed by atoms with Gasteiger partial charge in [0.1, 0.15) is 0 Å². The summed E-state index contributed by atoms with van der Waals surface area (Å²) in [6.07, 6.45) is 2.68. The quantitative estimate of drug-likeness (QED) is 0.830. The lowest BCUT2D eigenvalue weighted by Gasteiger charge is -2.17. The fourth-order valence-electron chi connectivity index (χ4n) is 1.46. The van der Waals surface area contributed by atoms with Crippen LogP contribution in [0.1, 0.15) is 13.3 Å². The van der Waals surface area contributed by atoms with Gasteiger partial charge in [0.2, 0.25) is 0 Å². The number of rotatable bonds is 6. The molecule has 0 saturated heterocycles. The van der Waals surface area contributed by atoms with E-state index in [1.165, 1.54) is 0 Å². The second-order valence-electron chi connectivity index (χ2n) is 3.69. The molecule has 0 radical (unpaired) electrons. The molecule has 0 aliphatic rings. The second kappa shape index (κ2) is 6.66. The van der Waals surface area contributed by atoms with E-state index < -0.39 is 10.8 Å². The molecule has 0 heterocycles. The SMILES string of the molecule is CCC(COC)Nc1cccc(S(C)=O)c1. The van der Waals surface area contributed by atoms with Gasteiger partial charge >= 0.3 is 0 Å². The molecule has 4 heteroatoms. The van der Waals surface area contributed by atoms with Crippen LogP contribution in [0, 0.1) is 0 Å². The van der Waals surface area contributed by atoms with Gasteiger partial charge in [-0.3, -0.25) is 4.21 Å². The van der Waals surface area contributed by atoms with Crippen LogP contribution in [0.25, 0.3) is 0 Å². The number of anilines is 1. The second-order valence-corrected chi connectivity index (χ2v) is 5.07. The van der Waals surface area contributed by atoms with Crippen molar-refractivity contribution in [3.05, 3.63) is 24.3 Å². The van der Waals surface area contributed by atoms with Crippen LogP contribution in [0.2, 0.25) is 0 Å². The summed E-state index contributed by atoms with van der Waals surface area (Å²) in [5, 5.41) is 3.37. The minimum absolute atomic E-state index is 0.297. The molecule has 0 aliphatic heterocycles. The van der Waals surface area contributed by atoms with Crippen molar-refractivity contribution in [3.63, 3.8) is 0 Å². The largest absolute Gasteiger partial charge is 0.383 e. The average Bonchev–Trinajstić information content (AvgIpc) is 2.29. The molecule has 0 spiro atoms. The van der Waals surface area contributed by atoms with Crippen LogP contribution in [0.4, 0.5) is 5.69 Å². The van der Waals surface area contributed by atoms with Crippen molar-refractivity contribution >= 4 is 16.5 Å². The Morgan fingerprint density at radius 2 is 2.25 bits per heavy atom. The third-order valence-electron chi connectivity index (χ3n) is 2.40. The summed E-state index contributed by atoms with van der Waals surface area (Å²) in [6, 6.07) is 7.99. The van der Waals surface area contributed by atoms with Crippen molar-refractivity contribution < 1.29 is 8.95 Å². The molecule has 0 bridgehead atoms. The molecule has 3 nitrogen and oxygen atoms in total. The molecule has 0 saturated carbocycles. The number of hydrogen-bond acceptors (Lipinski definition) is 3. The molecular weight excluding hydrogens is 222 g/mol. The lowest BCUT2D eigenvalue weighted by Crippen LogP contribution is -2.23. The standard InChI is InChI=1S/C12H19NO2S/c1-4-10(9-15-2)13-11-6-5-7-12(8-11)16(3)14/h5-8,10,13H,4,9H2,1-3H3. The highest BCUT2D eigenvalue weighted by atomic mass is 32.2. The van der Waals surface area contributed by atoms with Crippen molar-refractivity contribution in [2.75, 3.05) is 25.3 Å². The van der Waals surface area contributed by atoms with Crippen LogP contribution in [-0.2, 0) is 15.5 Å². The maximum atomic E-state index is 11.3. The Labute approximate surface area is 99.7 Å². The Bertz CT molecular complexity index is 355. The summed E-state index contributed by atoms with van der Waals surface area (Å²) in [5.41, 5.74) is 0.997. The van der Waals surface area contributed by atoms with Crippen LogP contribution >= 0.6 is 0 Å². The Morgan fingerprint density at radius 3 is 2.81 bits per heavy atom. The maximum absolute atomic E-state index is 11.3. The zero-order chi connectivity index (χ0) is 12.0. The zero-order valence-electron chi connectivity index (χ0n) is 10.0. The fraction of sp³-hybridized carbons (Fsp3) is 0.500. The highest BCUT2D eigenvalue weighted by molar-refractivity contribution is 7.84. The minimum atomic E-state index is -0.931. The number of hydrogen-bond donors (Lipinski definition) is 1. The topological polar surface area (TPSA) is 38.3 Å². The van der Waals surface area contributed by atoms with Gasteiger partial charge in [-0.15, -0.1) is 0 Å². The van der Waals surface area contributed by atoms with E-state index in [1.54, 1.807) is 13.4 Å². The van der Waals surface area contributed by atoms with Crippen molar-refractivity contribution in [3.8, 4) is 0 Å². The van der Waals surface area contributed by atoms with Crippen LogP contribution in [0.3, 0.4) is 0 Å². The molecule has 90 valence electrons. The molecule has 0 aromatic heterocycles. The third-order valence-corrected chi connectivity index (χ3v) is 3.32. The van der Waals surface area contributed by atoms with Crippen LogP contribution in [0.15, 0.2) is 29.2 Å². The van der Waals surface area contributed by atoms with Crippen LogP contribution < -0.4 is 5.32 Å². The van der Waals surface area contributed by atoms with E-state index in [-0.39, 0.29) is 0 Å². The van der Waals surface area contributed by atoms with Gasteiger partial charge in [0, 0.05) is 40.8 Å². The van der Waals surface area contributed by atoms with Crippen molar-refractivity contribution in [1.29, 1.82) is 0 Å². The monoisotopic (exact) mass is 241 g/mol. The molecule has 0 aliphatic carbocycles. The van der Waals surface area contributed by atoms with Crippen molar-refractivity contribution in [2.45, 2.75) is 24.3 Å². The van der Waals surface area contributed by atoms with Gasteiger partial charge in [0.15, 0.2) is 0 Å². The molecule has 1 aromatic carbocycles. The lowest BCUT2D eigenvalue weighted by molar-refractivity contribution is 0.184.